The van der Waals surface area contributed by atoms with E-state index in [0.29, 0.717) is 5.95 Å². The number of hydrogen-bond donors (Lipinski definition) is 2. The topological polar surface area (TPSA) is 111 Å². The Kier molecular flexibility index (Phi) is 8.40. The van der Waals surface area contributed by atoms with Crippen LogP contribution in [0.15, 0.2) is 0 Å². The van der Waals surface area contributed by atoms with Crippen LogP contribution in [0.5, 0.6) is 0 Å². The number of piperazine rings is 2. The molecular formula is C16H24Cl3N11. The summed E-state index contributed by atoms with van der Waals surface area (Å²) in [6, 6.07) is 0. The predicted octanol–water partition coefficient (Wildman–Crippen LogP) is 0.906. The van der Waals surface area contributed by atoms with Crippen molar-refractivity contribution in [1.29, 1.82) is 0 Å². The lowest BCUT2D eigenvalue weighted by atomic mass is 10.3. The van der Waals surface area contributed by atoms with Crippen molar-refractivity contribution in [2.75, 3.05) is 81.6 Å². The maximum Gasteiger partial charge on any atom is 0.232 e. The fourth-order valence-corrected chi connectivity index (χ4v) is 3.53. The predicted molar refractivity (Wildman–Crippen MR) is 119 cm³/mol. The zero-order valence-corrected chi connectivity index (χ0v) is 19.1. The van der Waals surface area contributed by atoms with Crippen molar-refractivity contribution in [3.8, 4) is 0 Å². The molecule has 2 aromatic rings. The second-order valence-electron chi connectivity index (χ2n) is 6.68. The Bertz CT molecular complexity index is 776. The van der Waals surface area contributed by atoms with Gasteiger partial charge in [-0.2, -0.15) is 29.9 Å². The van der Waals surface area contributed by atoms with Gasteiger partial charge < -0.3 is 25.3 Å². The van der Waals surface area contributed by atoms with Crippen LogP contribution in [0.4, 0.5) is 17.8 Å². The molecule has 2 aliphatic heterocycles. The lowest BCUT2D eigenvalue weighted by Crippen LogP contribution is -2.46. The molecule has 2 aliphatic rings. The second kappa shape index (κ2) is 11.0. The number of nitrogens with one attached hydrogen (secondary N) is 2. The molecule has 0 atom stereocenters. The molecule has 0 saturated carbocycles. The van der Waals surface area contributed by atoms with Crippen molar-refractivity contribution < 1.29 is 0 Å². The molecule has 0 amide bonds. The van der Waals surface area contributed by atoms with Crippen molar-refractivity contribution in [2.24, 2.45) is 0 Å². The Labute approximate surface area is 190 Å². The number of halogens is 3. The van der Waals surface area contributed by atoms with Crippen molar-refractivity contribution in [1.82, 2.24) is 40.1 Å². The van der Waals surface area contributed by atoms with Crippen LogP contribution in [0.2, 0.25) is 15.9 Å². The fraction of sp³-hybridized carbons (Fsp3) is 0.625. The van der Waals surface area contributed by atoms with E-state index in [0.717, 1.165) is 64.3 Å². The highest BCUT2D eigenvalue weighted by Gasteiger charge is 2.21. The third-order valence-electron chi connectivity index (χ3n) is 4.57. The van der Waals surface area contributed by atoms with Gasteiger partial charge in [0, 0.05) is 59.4 Å². The van der Waals surface area contributed by atoms with Gasteiger partial charge in [0.25, 0.3) is 0 Å². The van der Waals surface area contributed by atoms with Gasteiger partial charge in [0.2, 0.25) is 33.7 Å². The van der Waals surface area contributed by atoms with E-state index in [1.54, 1.807) is 0 Å². The summed E-state index contributed by atoms with van der Waals surface area (Å²) < 4.78 is 0. The largest absolute Gasteiger partial charge is 0.357 e. The SMILES string of the molecule is CNc1nc(N2CCNCC2)nc(N2CCN(C)CC2)n1.Clc1nc(Cl)nc(Cl)n1. The molecule has 4 heterocycles. The number of aromatic nitrogens is 6. The fourth-order valence-electron chi connectivity index (χ4n) is 2.92. The first kappa shape index (κ1) is 22.9. The molecule has 0 spiro atoms. The third-order valence-corrected chi connectivity index (χ3v) is 5.08. The summed E-state index contributed by atoms with van der Waals surface area (Å²) in [6.07, 6.45) is 0. The molecule has 2 saturated heterocycles. The minimum atomic E-state index is 0.000000000000000444. The van der Waals surface area contributed by atoms with E-state index in [-0.39, 0.29) is 15.9 Å². The summed E-state index contributed by atoms with van der Waals surface area (Å²) in [5.41, 5.74) is 0. The molecular weight excluding hydrogens is 453 g/mol. The molecule has 30 heavy (non-hydrogen) atoms. The van der Waals surface area contributed by atoms with E-state index in [4.69, 9.17) is 39.8 Å². The molecule has 0 radical (unpaired) electrons. The van der Waals surface area contributed by atoms with E-state index < -0.39 is 0 Å². The number of nitrogens with zero attached hydrogens (tertiary/aromatic N) is 9. The number of hydrogen-bond acceptors (Lipinski definition) is 11. The lowest BCUT2D eigenvalue weighted by Gasteiger charge is -2.33. The standard InChI is InChI=1S/C13H24N8.C3Cl3N3/c1-14-11-16-12(20-5-3-15-4-6-20)18-13(17-11)21-9-7-19(2)8-10-21;4-1-7-2(5)9-3(6)8-1/h15H,3-10H2,1-2H3,(H,14,16,17,18);. The normalized spacial score (nSPS) is 17.4. The minimum Gasteiger partial charge on any atom is -0.357 e. The monoisotopic (exact) mass is 475 g/mol. The summed E-state index contributed by atoms with van der Waals surface area (Å²) in [5.74, 6) is 2.22. The van der Waals surface area contributed by atoms with Gasteiger partial charge in [-0.05, 0) is 41.9 Å². The van der Waals surface area contributed by atoms with E-state index in [2.05, 4.69) is 57.3 Å². The summed E-state index contributed by atoms with van der Waals surface area (Å²) in [6.45, 7) is 7.85. The number of likely N-dealkylation sites (N-methyl/N-ethyl adjacent to an activating group) is 1. The average Bonchev–Trinajstić information content (AvgIpc) is 2.74. The zero-order chi connectivity index (χ0) is 21.5. The van der Waals surface area contributed by atoms with Gasteiger partial charge >= 0.3 is 0 Å². The first-order valence-corrected chi connectivity index (χ1v) is 10.6. The van der Waals surface area contributed by atoms with Gasteiger partial charge in [-0.1, -0.05) is 0 Å². The molecule has 0 aromatic carbocycles. The highest BCUT2D eigenvalue weighted by molar-refractivity contribution is 6.33. The van der Waals surface area contributed by atoms with E-state index in [1.165, 1.54) is 0 Å². The second-order valence-corrected chi connectivity index (χ2v) is 7.69. The van der Waals surface area contributed by atoms with Crippen LogP contribution in [0.3, 0.4) is 0 Å². The van der Waals surface area contributed by atoms with Crippen molar-refractivity contribution in [3.05, 3.63) is 15.9 Å². The van der Waals surface area contributed by atoms with Gasteiger partial charge in [0.1, 0.15) is 0 Å². The smallest absolute Gasteiger partial charge is 0.232 e. The van der Waals surface area contributed by atoms with Gasteiger partial charge in [-0.3, -0.25) is 0 Å². The van der Waals surface area contributed by atoms with Crippen molar-refractivity contribution in [2.45, 2.75) is 0 Å². The van der Waals surface area contributed by atoms with Crippen LogP contribution >= 0.6 is 34.8 Å². The first-order chi connectivity index (χ1) is 14.4. The molecule has 0 aliphatic carbocycles. The van der Waals surface area contributed by atoms with E-state index in [9.17, 15) is 0 Å². The minimum absolute atomic E-state index is 0.000000000000000444. The highest BCUT2D eigenvalue weighted by Crippen LogP contribution is 2.18. The van der Waals surface area contributed by atoms with Crippen LogP contribution < -0.4 is 20.4 Å². The summed E-state index contributed by atoms with van der Waals surface area (Å²) in [7, 11) is 4.00. The van der Waals surface area contributed by atoms with Crippen LogP contribution in [0.25, 0.3) is 0 Å². The average molecular weight is 477 g/mol. The molecule has 14 heteroatoms. The Balaban J connectivity index is 0.000000239. The van der Waals surface area contributed by atoms with Gasteiger partial charge in [-0.15, -0.1) is 0 Å². The van der Waals surface area contributed by atoms with Crippen LogP contribution in [-0.4, -0.2) is 101 Å². The van der Waals surface area contributed by atoms with Crippen LogP contribution in [0.1, 0.15) is 0 Å². The van der Waals surface area contributed by atoms with Gasteiger partial charge in [0.15, 0.2) is 0 Å². The first-order valence-electron chi connectivity index (χ1n) is 9.50. The van der Waals surface area contributed by atoms with E-state index >= 15 is 0 Å². The lowest BCUT2D eigenvalue weighted by molar-refractivity contribution is 0.311. The van der Waals surface area contributed by atoms with E-state index in [1.807, 2.05) is 7.05 Å². The molecule has 2 N–H and O–H groups in total. The Morgan fingerprint density at radius 3 is 1.63 bits per heavy atom. The molecule has 11 nitrogen and oxygen atoms in total. The molecule has 2 fully saturated rings. The molecule has 0 bridgehead atoms. The van der Waals surface area contributed by atoms with Crippen LogP contribution in [-0.2, 0) is 0 Å². The summed E-state index contributed by atoms with van der Waals surface area (Å²) in [5, 5.41) is 6.40. The maximum absolute atomic E-state index is 5.32. The van der Waals surface area contributed by atoms with Gasteiger partial charge in [0.05, 0.1) is 0 Å². The number of rotatable bonds is 3. The van der Waals surface area contributed by atoms with Crippen LogP contribution in [0, 0.1) is 0 Å². The maximum atomic E-state index is 5.32. The summed E-state index contributed by atoms with van der Waals surface area (Å²) in [4.78, 5) is 30.9. The molecule has 2 aromatic heterocycles. The molecule has 4 rings (SSSR count). The molecule has 0 unspecified atom stereocenters. The summed E-state index contributed by atoms with van der Waals surface area (Å²) >= 11 is 16.0. The third kappa shape index (κ3) is 6.61. The van der Waals surface area contributed by atoms with Crippen molar-refractivity contribution in [3.63, 3.8) is 0 Å². The van der Waals surface area contributed by atoms with Crippen molar-refractivity contribution >= 4 is 52.6 Å². The quantitative estimate of drug-likeness (QED) is 0.659. The Morgan fingerprint density at radius 2 is 1.17 bits per heavy atom. The molecule has 164 valence electrons. The number of anilines is 3. The zero-order valence-electron chi connectivity index (χ0n) is 16.8. The Hall–Kier alpha value is -1.79. The highest BCUT2D eigenvalue weighted by atomic mass is 35.5. The van der Waals surface area contributed by atoms with Gasteiger partial charge in [-0.25, -0.2) is 0 Å². The Morgan fingerprint density at radius 1 is 0.700 bits per heavy atom.